The molecule has 0 spiro atoms. The van der Waals surface area contributed by atoms with Crippen LogP contribution >= 0.6 is 0 Å². The molecule has 0 aromatic heterocycles. The van der Waals surface area contributed by atoms with Gasteiger partial charge in [-0.1, -0.05) is 267 Å². The third kappa shape index (κ3) is 46.8. The van der Waals surface area contributed by atoms with Gasteiger partial charge in [0.2, 0.25) is 5.91 Å². The number of hydrogen-bond acceptors (Lipinski definition) is 10. The van der Waals surface area contributed by atoms with Gasteiger partial charge in [-0.25, -0.2) is 0 Å². The summed E-state index contributed by atoms with van der Waals surface area (Å²) in [6, 6.07) is -0.834. The second-order valence-electron chi connectivity index (χ2n) is 23.2. The number of esters is 1. The van der Waals surface area contributed by atoms with Crippen LogP contribution in [0.4, 0.5) is 0 Å². The summed E-state index contributed by atoms with van der Waals surface area (Å²) in [5, 5.41) is 54.2. The fourth-order valence-corrected chi connectivity index (χ4v) is 10.4. The lowest BCUT2D eigenvalue weighted by Crippen LogP contribution is -2.60. The monoisotopic (exact) mass is 1130 g/mol. The molecular weight excluding hydrogens is 1000 g/mol. The number of carbonyl (C=O) groups is 2. The molecule has 0 radical (unpaired) electrons. The Labute approximate surface area is 490 Å². The van der Waals surface area contributed by atoms with Crippen LogP contribution in [0.3, 0.4) is 0 Å². The van der Waals surface area contributed by atoms with Gasteiger partial charge in [-0.3, -0.25) is 9.59 Å². The highest BCUT2D eigenvalue weighted by Gasteiger charge is 2.44. The van der Waals surface area contributed by atoms with E-state index in [2.05, 4.69) is 54.8 Å². The van der Waals surface area contributed by atoms with Crippen LogP contribution in [0.2, 0.25) is 0 Å². The lowest BCUT2D eigenvalue weighted by molar-refractivity contribution is -0.302. The van der Waals surface area contributed by atoms with Crippen molar-refractivity contribution in [2.45, 2.75) is 346 Å². The van der Waals surface area contributed by atoms with Gasteiger partial charge < -0.3 is 45.1 Å². The molecule has 1 amide bonds. The number of aliphatic hydroxyl groups excluding tert-OH is 5. The Balaban J connectivity index is 1.95. The summed E-state index contributed by atoms with van der Waals surface area (Å²) in [5.41, 5.74) is 0. The first-order chi connectivity index (χ1) is 39.2. The van der Waals surface area contributed by atoms with Gasteiger partial charge in [0.1, 0.15) is 24.4 Å². The van der Waals surface area contributed by atoms with Gasteiger partial charge in [-0.15, -0.1) is 0 Å². The Hall–Kier alpha value is -2.64. The molecule has 1 rings (SSSR count). The SMILES string of the molecule is C/C=C/CC/C=C/CC/C=C/C(O)C(COC1OC(CO)C(O)C(O)C1O)NC(=O)CCCCCCCCCCCCCCCCC/C=C\C/C=C\CCCCCCCCCCCOC(=O)CCCCCCCCCCCCCC. The predicted molar refractivity (Wildman–Crippen MR) is 333 cm³/mol. The lowest BCUT2D eigenvalue weighted by atomic mass is 9.99. The number of nitrogens with one attached hydrogen (secondary N) is 1. The zero-order valence-corrected chi connectivity index (χ0v) is 51.5. The maximum atomic E-state index is 13.0. The number of amides is 1. The molecule has 1 aliphatic heterocycles. The summed E-state index contributed by atoms with van der Waals surface area (Å²) in [6.45, 7) is 4.10. The normalized spacial score (nSPS) is 18.7. The highest BCUT2D eigenvalue weighted by molar-refractivity contribution is 5.76. The largest absolute Gasteiger partial charge is 0.466 e. The number of allylic oxidation sites excluding steroid dienone is 9. The van der Waals surface area contributed by atoms with E-state index in [1.165, 1.54) is 205 Å². The molecule has 1 heterocycles. The molecule has 1 fully saturated rings. The zero-order valence-electron chi connectivity index (χ0n) is 51.5. The number of carbonyl (C=O) groups excluding carboxylic acids is 2. The second-order valence-corrected chi connectivity index (χ2v) is 23.2. The van der Waals surface area contributed by atoms with Crippen LogP contribution < -0.4 is 5.32 Å². The Morgan fingerprint density at radius 2 is 0.900 bits per heavy atom. The van der Waals surface area contributed by atoms with Crippen molar-refractivity contribution in [3.63, 3.8) is 0 Å². The lowest BCUT2D eigenvalue weighted by Gasteiger charge is -2.40. The van der Waals surface area contributed by atoms with Gasteiger partial charge in [0.05, 0.1) is 32.0 Å². The number of ether oxygens (including phenoxy) is 3. The van der Waals surface area contributed by atoms with Crippen molar-refractivity contribution in [2.75, 3.05) is 19.8 Å². The topological polar surface area (TPSA) is 175 Å². The minimum Gasteiger partial charge on any atom is -0.466 e. The minimum absolute atomic E-state index is 0.00508. The van der Waals surface area contributed by atoms with Crippen LogP contribution in [0.5, 0.6) is 0 Å². The second kappa shape index (κ2) is 58.1. The number of hydrogen-bond donors (Lipinski definition) is 6. The molecule has 11 nitrogen and oxygen atoms in total. The third-order valence-electron chi connectivity index (χ3n) is 15.7. The van der Waals surface area contributed by atoms with E-state index in [-0.39, 0.29) is 18.5 Å². The van der Waals surface area contributed by atoms with Crippen LogP contribution in [-0.2, 0) is 23.8 Å². The highest BCUT2D eigenvalue weighted by Crippen LogP contribution is 2.23. The average molecular weight is 1130 g/mol. The molecule has 6 N–H and O–H groups in total. The molecular formula is C69H125NO10. The molecule has 1 aliphatic rings. The van der Waals surface area contributed by atoms with Gasteiger partial charge in [0.25, 0.3) is 0 Å². The van der Waals surface area contributed by atoms with E-state index >= 15 is 0 Å². The van der Waals surface area contributed by atoms with E-state index in [9.17, 15) is 35.1 Å². The first-order valence-corrected chi connectivity index (χ1v) is 33.5. The van der Waals surface area contributed by atoms with Crippen LogP contribution in [0.25, 0.3) is 0 Å². The summed E-state index contributed by atoms with van der Waals surface area (Å²) >= 11 is 0. The fourth-order valence-electron chi connectivity index (χ4n) is 10.4. The minimum atomic E-state index is -1.58. The van der Waals surface area contributed by atoms with Gasteiger partial charge in [-0.05, 0) is 84.0 Å². The molecule has 0 aliphatic carbocycles. The fraction of sp³-hybridized carbons (Fsp3) is 0.826. The van der Waals surface area contributed by atoms with Crippen molar-refractivity contribution < 1.29 is 49.3 Å². The smallest absolute Gasteiger partial charge is 0.305 e. The molecule has 0 aromatic rings. The van der Waals surface area contributed by atoms with Crippen LogP contribution in [0.1, 0.15) is 303 Å². The molecule has 466 valence electrons. The predicted octanol–water partition coefficient (Wildman–Crippen LogP) is 16.6. The molecule has 80 heavy (non-hydrogen) atoms. The van der Waals surface area contributed by atoms with E-state index < -0.39 is 49.5 Å². The van der Waals surface area contributed by atoms with Gasteiger partial charge in [0, 0.05) is 12.8 Å². The van der Waals surface area contributed by atoms with Gasteiger partial charge in [-0.2, -0.15) is 0 Å². The van der Waals surface area contributed by atoms with Crippen molar-refractivity contribution in [2.24, 2.45) is 0 Å². The third-order valence-corrected chi connectivity index (χ3v) is 15.7. The Bertz CT molecular complexity index is 1510. The van der Waals surface area contributed by atoms with Crippen LogP contribution in [-0.4, -0.2) is 100 Å². The van der Waals surface area contributed by atoms with E-state index in [0.717, 1.165) is 70.6 Å². The van der Waals surface area contributed by atoms with Crippen LogP contribution in [0, 0.1) is 0 Å². The average Bonchev–Trinajstić information content (AvgIpc) is 3.46. The first-order valence-electron chi connectivity index (χ1n) is 33.5. The van der Waals surface area contributed by atoms with E-state index in [0.29, 0.717) is 19.4 Å². The number of aliphatic hydroxyl groups is 5. The zero-order chi connectivity index (χ0) is 58.0. The van der Waals surface area contributed by atoms with Crippen molar-refractivity contribution in [1.29, 1.82) is 0 Å². The Kier molecular flexibility index (Phi) is 54.8. The molecule has 7 atom stereocenters. The molecule has 11 heteroatoms. The number of unbranched alkanes of at least 4 members (excludes halogenated alkanes) is 37. The maximum Gasteiger partial charge on any atom is 0.305 e. The van der Waals surface area contributed by atoms with Crippen molar-refractivity contribution in [1.82, 2.24) is 5.32 Å². The first kappa shape index (κ1) is 75.4. The molecule has 0 bridgehead atoms. The Morgan fingerprint density at radius 3 is 1.38 bits per heavy atom. The summed E-state index contributed by atoms with van der Waals surface area (Å²) in [7, 11) is 0. The van der Waals surface area contributed by atoms with Gasteiger partial charge in [0.15, 0.2) is 6.29 Å². The van der Waals surface area contributed by atoms with E-state index in [1.54, 1.807) is 6.08 Å². The highest BCUT2D eigenvalue weighted by atomic mass is 16.7. The standard InChI is InChI=1S/C69H125NO10/c1-3-5-7-9-11-13-14-37-41-45-49-53-57-65(74)78-58-54-50-46-42-38-35-33-31-29-27-25-23-21-19-17-15-16-18-20-22-24-26-28-30-32-34-36-40-44-48-52-56-64(73)70-61(62(72)55-51-47-43-39-12-10-8-6-4-2)60-79-69-68(77)67(76)66(75)63(59-71)80-69/h4,6,12,17,19,23,25,39,51,55,61-63,66-69,71-72,75-77H,3,5,7-11,13-16,18,20-22,24,26-38,40-50,52-54,56-60H2,1-2H3,(H,70,73)/b6-4+,19-17-,25-23-,39-12+,55-51+. The van der Waals surface area contributed by atoms with Crippen LogP contribution in [0.15, 0.2) is 60.8 Å². The molecule has 0 saturated carbocycles. The summed E-state index contributed by atoms with van der Waals surface area (Å²) in [5.74, 6) is -0.194. The van der Waals surface area contributed by atoms with Gasteiger partial charge >= 0.3 is 5.97 Å². The van der Waals surface area contributed by atoms with E-state index in [1.807, 2.05) is 19.1 Å². The summed E-state index contributed by atoms with van der Waals surface area (Å²) < 4.78 is 16.7. The summed E-state index contributed by atoms with van der Waals surface area (Å²) in [4.78, 5) is 25.0. The maximum absolute atomic E-state index is 13.0. The van der Waals surface area contributed by atoms with Crippen molar-refractivity contribution in [3.8, 4) is 0 Å². The van der Waals surface area contributed by atoms with Crippen molar-refractivity contribution >= 4 is 11.9 Å². The molecule has 7 unspecified atom stereocenters. The molecule has 1 saturated heterocycles. The van der Waals surface area contributed by atoms with Crippen molar-refractivity contribution in [3.05, 3.63) is 60.8 Å². The number of rotatable bonds is 58. The quantitative estimate of drug-likeness (QED) is 0.0195. The Morgan fingerprint density at radius 1 is 0.487 bits per heavy atom. The van der Waals surface area contributed by atoms with E-state index in [4.69, 9.17) is 14.2 Å². The summed E-state index contributed by atoms with van der Waals surface area (Å²) in [6.07, 6.45) is 66.7. The molecule has 0 aromatic carbocycles.